The Kier molecular flexibility index (Phi) is 8.80. The lowest BCUT2D eigenvalue weighted by molar-refractivity contribution is 0.343. The summed E-state index contributed by atoms with van der Waals surface area (Å²) in [5, 5.41) is 1.34. The lowest BCUT2D eigenvalue weighted by Crippen LogP contribution is -2.00. The number of allylic oxidation sites excluding steroid dienone is 1. The second-order valence-electron chi connectivity index (χ2n) is 6.52. The molecule has 6 heteroatoms. The number of halogens is 5. The molecule has 3 aromatic rings. The second-order valence-corrected chi connectivity index (χ2v) is 9.05. The van der Waals surface area contributed by atoms with Crippen molar-refractivity contribution in [1.82, 2.24) is 0 Å². The molecule has 0 saturated heterocycles. The molecule has 0 atom stereocenters. The van der Waals surface area contributed by atoms with Gasteiger partial charge in [0.15, 0.2) is 0 Å². The molecule has 3 aromatic carbocycles. The molecular weight excluding hydrogens is 482 g/mol. The van der Waals surface area contributed by atoms with Crippen molar-refractivity contribution in [3.63, 3.8) is 0 Å². The van der Waals surface area contributed by atoms with Gasteiger partial charge in [0.1, 0.15) is 17.2 Å². The van der Waals surface area contributed by atoms with Crippen molar-refractivity contribution in [2.24, 2.45) is 0 Å². The maximum Gasteiger partial charge on any atom is 0.119 e. The topological polar surface area (TPSA) is 9.23 Å². The van der Waals surface area contributed by atoms with Gasteiger partial charge >= 0.3 is 0 Å². The van der Waals surface area contributed by atoms with E-state index in [1.54, 1.807) is 0 Å². The first-order chi connectivity index (χ1) is 14.5. The monoisotopic (exact) mass is 498 g/mol. The van der Waals surface area contributed by atoms with Crippen LogP contribution in [0.5, 0.6) is 5.75 Å². The molecule has 0 aromatic heterocycles. The highest BCUT2D eigenvalue weighted by molar-refractivity contribution is 6.44. The average molecular weight is 501 g/mol. The smallest absolute Gasteiger partial charge is 0.119 e. The quantitative estimate of drug-likeness (QED) is 0.222. The van der Waals surface area contributed by atoms with Gasteiger partial charge in [0.05, 0.1) is 5.88 Å². The van der Waals surface area contributed by atoms with Crippen molar-refractivity contribution < 1.29 is 4.74 Å². The molecule has 0 fully saturated rings. The fourth-order valence-electron chi connectivity index (χ4n) is 3.18. The van der Waals surface area contributed by atoms with Crippen LogP contribution in [0.2, 0.25) is 10.0 Å². The lowest BCUT2D eigenvalue weighted by atomic mass is 9.88. The molecule has 0 aliphatic rings. The number of alkyl halides is 3. The highest BCUT2D eigenvalue weighted by atomic mass is 35.5. The van der Waals surface area contributed by atoms with Gasteiger partial charge in [-0.2, -0.15) is 0 Å². The van der Waals surface area contributed by atoms with E-state index in [1.807, 2.05) is 72.8 Å². The zero-order chi connectivity index (χ0) is 21.5. The van der Waals surface area contributed by atoms with Crippen LogP contribution in [0, 0.1) is 0 Å². The molecule has 0 heterocycles. The number of benzene rings is 3. The number of hydrogen-bond acceptors (Lipinski definition) is 1. The van der Waals surface area contributed by atoms with Crippen molar-refractivity contribution in [3.8, 4) is 5.75 Å². The highest BCUT2D eigenvalue weighted by Crippen LogP contribution is 2.37. The van der Waals surface area contributed by atoms with Crippen LogP contribution in [0.25, 0.3) is 11.1 Å². The van der Waals surface area contributed by atoms with E-state index in [4.69, 9.17) is 62.7 Å². The van der Waals surface area contributed by atoms with Crippen molar-refractivity contribution >= 4 is 69.2 Å². The molecule has 0 unspecified atom stereocenters. The summed E-state index contributed by atoms with van der Waals surface area (Å²) in [6, 6.07) is 23.3. The molecular formula is C24H19Cl5O. The Hall–Kier alpha value is -1.35. The predicted octanol–water partition coefficient (Wildman–Crippen LogP) is 8.76. The SMILES string of the molecule is ClCCOc1ccc(C(=C(CC(Cl)Cl)c2ccc(Cl)cc2)c2ccc(Cl)cc2)cc1. The fourth-order valence-corrected chi connectivity index (χ4v) is 3.81. The minimum Gasteiger partial charge on any atom is -0.492 e. The van der Waals surface area contributed by atoms with Gasteiger partial charge in [-0.05, 0) is 64.2 Å². The van der Waals surface area contributed by atoms with E-state index >= 15 is 0 Å². The van der Waals surface area contributed by atoms with Crippen molar-refractivity contribution in [2.75, 3.05) is 12.5 Å². The van der Waals surface area contributed by atoms with Gasteiger partial charge in [-0.3, -0.25) is 0 Å². The average Bonchev–Trinajstić information content (AvgIpc) is 2.74. The van der Waals surface area contributed by atoms with E-state index < -0.39 is 4.84 Å². The maximum atomic E-state index is 6.23. The van der Waals surface area contributed by atoms with Gasteiger partial charge in [-0.15, -0.1) is 34.8 Å². The van der Waals surface area contributed by atoms with E-state index in [0.29, 0.717) is 29.0 Å². The zero-order valence-electron chi connectivity index (χ0n) is 15.9. The molecule has 0 aliphatic heterocycles. The van der Waals surface area contributed by atoms with E-state index in [1.165, 1.54) is 0 Å². The predicted molar refractivity (Wildman–Crippen MR) is 132 cm³/mol. The summed E-state index contributed by atoms with van der Waals surface area (Å²) < 4.78 is 5.61. The maximum absolute atomic E-state index is 6.23. The normalized spacial score (nSPS) is 12.1. The van der Waals surface area contributed by atoms with Crippen molar-refractivity contribution in [3.05, 3.63) is 99.5 Å². The largest absolute Gasteiger partial charge is 0.492 e. The molecule has 0 spiro atoms. The molecule has 30 heavy (non-hydrogen) atoms. The molecule has 156 valence electrons. The summed E-state index contributed by atoms with van der Waals surface area (Å²) in [4.78, 5) is -0.565. The molecule has 0 radical (unpaired) electrons. The van der Waals surface area contributed by atoms with Gasteiger partial charge in [0.2, 0.25) is 0 Å². The first-order valence-electron chi connectivity index (χ1n) is 9.30. The zero-order valence-corrected chi connectivity index (χ0v) is 19.7. The standard InChI is InChI=1S/C24H19Cl5O/c25-13-14-30-21-11-5-18(6-12-21)24(17-3-9-20(27)10-4-17)22(15-23(28)29)16-1-7-19(26)8-2-16/h1-12,23H,13-15H2. The van der Waals surface area contributed by atoms with Crippen LogP contribution in [-0.2, 0) is 0 Å². The third kappa shape index (κ3) is 6.33. The lowest BCUT2D eigenvalue weighted by Gasteiger charge is -2.18. The highest BCUT2D eigenvalue weighted by Gasteiger charge is 2.17. The Morgan fingerprint density at radius 1 is 0.700 bits per heavy atom. The van der Waals surface area contributed by atoms with Crippen molar-refractivity contribution in [1.29, 1.82) is 0 Å². The Bertz CT molecular complexity index is 978. The van der Waals surface area contributed by atoms with Crippen molar-refractivity contribution in [2.45, 2.75) is 11.3 Å². The Morgan fingerprint density at radius 3 is 1.63 bits per heavy atom. The third-order valence-electron chi connectivity index (χ3n) is 4.47. The Labute approximate surface area is 202 Å². The van der Waals surface area contributed by atoms with Gasteiger partial charge in [0.25, 0.3) is 0 Å². The van der Waals surface area contributed by atoms with Crippen LogP contribution in [-0.4, -0.2) is 17.3 Å². The van der Waals surface area contributed by atoms with E-state index in [2.05, 4.69) is 0 Å². The number of hydrogen-bond donors (Lipinski definition) is 0. The molecule has 1 nitrogen and oxygen atoms in total. The third-order valence-corrected chi connectivity index (χ3v) is 5.44. The summed E-state index contributed by atoms with van der Waals surface area (Å²) in [5.74, 6) is 1.20. The molecule has 0 bridgehead atoms. The van der Waals surface area contributed by atoms with Crippen LogP contribution in [0.15, 0.2) is 72.8 Å². The minimum absolute atomic E-state index is 0.436. The number of ether oxygens (including phenoxy) is 1. The van der Waals surface area contributed by atoms with E-state index in [9.17, 15) is 0 Å². The van der Waals surface area contributed by atoms with Gasteiger partial charge < -0.3 is 4.74 Å². The van der Waals surface area contributed by atoms with Crippen LogP contribution in [0.4, 0.5) is 0 Å². The summed E-state index contributed by atoms with van der Waals surface area (Å²) in [6.45, 7) is 0.455. The van der Waals surface area contributed by atoms with Crippen LogP contribution < -0.4 is 4.74 Å². The van der Waals surface area contributed by atoms with Gasteiger partial charge in [0, 0.05) is 16.5 Å². The molecule has 0 saturated carbocycles. The first kappa shape index (κ1) is 23.3. The molecule has 0 amide bonds. The summed E-state index contributed by atoms with van der Waals surface area (Å²) in [6.07, 6.45) is 0.465. The van der Waals surface area contributed by atoms with Crippen LogP contribution >= 0.6 is 58.0 Å². The molecule has 3 rings (SSSR count). The van der Waals surface area contributed by atoms with Crippen LogP contribution in [0.1, 0.15) is 23.1 Å². The molecule has 0 aliphatic carbocycles. The van der Waals surface area contributed by atoms with E-state index in [-0.39, 0.29) is 0 Å². The summed E-state index contributed by atoms with van der Waals surface area (Å²) in [7, 11) is 0. The fraction of sp³-hybridized carbons (Fsp3) is 0.167. The summed E-state index contributed by atoms with van der Waals surface area (Å²) in [5.41, 5.74) is 5.04. The van der Waals surface area contributed by atoms with Gasteiger partial charge in [-0.1, -0.05) is 59.6 Å². The molecule has 0 N–H and O–H groups in total. The van der Waals surface area contributed by atoms with E-state index in [0.717, 1.165) is 33.6 Å². The minimum atomic E-state index is -0.565. The summed E-state index contributed by atoms with van der Waals surface area (Å²) >= 11 is 30.4. The number of rotatable bonds is 8. The second kappa shape index (κ2) is 11.3. The van der Waals surface area contributed by atoms with Gasteiger partial charge in [-0.25, -0.2) is 0 Å². The Morgan fingerprint density at radius 2 is 1.17 bits per heavy atom. The van der Waals surface area contributed by atoms with Crippen LogP contribution in [0.3, 0.4) is 0 Å². The Balaban J connectivity index is 2.19. The first-order valence-corrected chi connectivity index (χ1v) is 11.5.